The van der Waals surface area contributed by atoms with Crippen LogP contribution in [-0.4, -0.2) is 47.7 Å². The van der Waals surface area contributed by atoms with Crippen LogP contribution in [0.25, 0.3) is 5.69 Å². The largest absolute Gasteiger partial charge is 0.493 e. The summed E-state index contributed by atoms with van der Waals surface area (Å²) < 4.78 is 45.3. The van der Waals surface area contributed by atoms with Crippen LogP contribution in [0.4, 0.5) is 18.9 Å². The Kier molecular flexibility index (Phi) is 6.45. The molecule has 0 saturated heterocycles. The molecule has 11 heteroatoms. The van der Waals surface area contributed by atoms with Crippen LogP contribution in [0.2, 0.25) is 5.02 Å². The van der Waals surface area contributed by atoms with Gasteiger partial charge in [0.15, 0.2) is 11.4 Å². The van der Waals surface area contributed by atoms with Crippen LogP contribution in [0.15, 0.2) is 48.7 Å². The summed E-state index contributed by atoms with van der Waals surface area (Å²) in [5.41, 5.74) is -0.472. The standard InChI is InChI=1S/C21H18ClF3N4O3/c1-28(2)20(31)12-7-8-15(22)16(9-12)26-19(30)18-17(32-3)11-29(27-18)14-6-4-5-13(10-14)21(23,24)25/h4-11H,1-3H3,(H,26,30). The summed E-state index contributed by atoms with van der Waals surface area (Å²) in [5.74, 6) is -0.968. The predicted octanol–water partition coefficient (Wildman–Crippen LogP) is 4.51. The molecule has 1 aromatic heterocycles. The Labute approximate surface area is 186 Å². The zero-order chi connectivity index (χ0) is 23.6. The number of hydrogen-bond donors (Lipinski definition) is 1. The lowest BCUT2D eigenvalue weighted by molar-refractivity contribution is -0.137. The molecule has 32 heavy (non-hydrogen) atoms. The lowest BCUT2D eigenvalue weighted by atomic mass is 10.1. The van der Waals surface area contributed by atoms with Crippen molar-refractivity contribution in [3.63, 3.8) is 0 Å². The van der Waals surface area contributed by atoms with Crippen molar-refractivity contribution in [3.8, 4) is 11.4 Å². The first-order chi connectivity index (χ1) is 15.0. The van der Waals surface area contributed by atoms with Crippen LogP contribution < -0.4 is 10.1 Å². The maximum Gasteiger partial charge on any atom is 0.416 e. The summed E-state index contributed by atoms with van der Waals surface area (Å²) in [6, 6.07) is 8.88. The first-order valence-corrected chi connectivity index (χ1v) is 9.53. The number of anilines is 1. The molecule has 3 aromatic rings. The SMILES string of the molecule is COc1cn(-c2cccc(C(F)(F)F)c2)nc1C(=O)Nc1cc(C(=O)N(C)C)ccc1Cl. The lowest BCUT2D eigenvalue weighted by Gasteiger charge is -2.12. The fourth-order valence-corrected chi connectivity index (χ4v) is 2.98. The van der Waals surface area contributed by atoms with Gasteiger partial charge in [-0.3, -0.25) is 9.59 Å². The van der Waals surface area contributed by atoms with E-state index in [9.17, 15) is 22.8 Å². The van der Waals surface area contributed by atoms with Gasteiger partial charge >= 0.3 is 6.18 Å². The normalized spacial score (nSPS) is 11.2. The molecule has 2 amide bonds. The lowest BCUT2D eigenvalue weighted by Crippen LogP contribution is -2.22. The first kappa shape index (κ1) is 23.1. The Balaban J connectivity index is 1.93. The number of rotatable bonds is 5. The summed E-state index contributed by atoms with van der Waals surface area (Å²) in [7, 11) is 4.47. The number of benzene rings is 2. The summed E-state index contributed by atoms with van der Waals surface area (Å²) >= 11 is 6.14. The van der Waals surface area contributed by atoms with Crippen molar-refractivity contribution in [2.75, 3.05) is 26.5 Å². The second kappa shape index (κ2) is 8.91. The maximum atomic E-state index is 13.0. The summed E-state index contributed by atoms with van der Waals surface area (Å²) in [6.45, 7) is 0. The van der Waals surface area contributed by atoms with Gasteiger partial charge in [-0.1, -0.05) is 17.7 Å². The van der Waals surface area contributed by atoms with Crippen LogP contribution in [0, 0.1) is 0 Å². The Hall–Kier alpha value is -3.53. The van der Waals surface area contributed by atoms with Crippen molar-refractivity contribution in [1.82, 2.24) is 14.7 Å². The zero-order valence-corrected chi connectivity index (χ0v) is 18.0. The second-order valence-electron chi connectivity index (χ2n) is 6.89. The summed E-state index contributed by atoms with van der Waals surface area (Å²) in [6.07, 6.45) is -3.24. The number of amides is 2. The minimum absolute atomic E-state index is 0.0385. The third-order valence-corrected chi connectivity index (χ3v) is 4.75. The molecular weight excluding hydrogens is 449 g/mol. The Morgan fingerprint density at radius 3 is 2.50 bits per heavy atom. The number of nitrogens with one attached hydrogen (secondary N) is 1. The number of ether oxygens (including phenoxy) is 1. The van der Waals surface area contributed by atoms with Crippen molar-refractivity contribution in [3.05, 3.63) is 70.5 Å². The molecule has 3 rings (SSSR count). The number of halogens is 4. The fourth-order valence-electron chi connectivity index (χ4n) is 2.82. The Bertz CT molecular complexity index is 1180. The number of alkyl halides is 3. The van der Waals surface area contributed by atoms with Crippen molar-refractivity contribution in [2.24, 2.45) is 0 Å². The highest BCUT2D eigenvalue weighted by Gasteiger charge is 2.31. The van der Waals surface area contributed by atoms with E-state index in [4.69, 9.17) is 16.3 Å². The molecular formula is C21H18ClF3N4O3. The van der Waals surface area contributed by atoms with Gasteiger partial charge in [0.2, 0.25) is 0 Å². The number of carbonyl (C=O) groups excluding carboxylic acids is 2. The smallest absolute Gasteiger partial charge is 0.416 e. The molecule has 0 spiro atoms. The molecule has 7 nitrogen and oxygen atoms in total. The molecule has 0 unspecified atom stereocenters. The van der Waals surface area contributed by atoms with Crippen LogP contribution >= 0.6 is 11.6 Å². The highest BCUT2D eigenvalue weighted by atomic mass is 35.5. The van der Waals surface area contributed by atoms with Crippen molar-refractivity contribution < 1.29 is 27.5 Å². The molecule has 0 atom stereocenters. The van der Waals surface area contributed by atoms with Gasteiger partial charge in [0.25, 0.3) is 11.8 Å². The molecule has 168 valence electrons. The van der Waals surface area contributed by atoms with Crippen LogP contribution in [0.5, 0.6) is 5.75 Å². The minimum Gasteiger partial charge on any atom is -0.493 e. The van der Waals surface area contributed by atoms with E-state index in [0.717, 1.165) is 16.8 Å². The van der Waals surface area contributed by atoms with Gasteiger partial charge in [-0.2, -0.15) is 18.3 Å². The molecule has 0 fully saturated rings. The number of hydrogen-bond acceptors (Lipinski definition) is 4. The van der Waals surface area contributed by atoms with E-state index < -0.39 is 17.6 Å². The molecule has 0 saturated carbocycles. The van der Waals surface area contributed by atoms with Crippen molar-refractivity contribution >= 4 is 29.1 Å². The first-order valence-electron chi connectivity index (χ1n) is 9.15. The van der Waals surface area contributed by atoms with Crippen molar-refractivity contribution in [1.29, 1.82) is 0 Å². The summed E-state index contributed by atoms with van der Waals surface area (Å²) in [5, 5.41) is 6.82. The molecule has 0 aliphatic heterocycles. The van der Waals surface area contributed by atoms with Gasteiger partial charge in [-0.05, 0) is 36.4 Å². The average molecular weight is 467 g/mol. The highest BCUT2D eigenvalue weighted by Crippen LogP contribution is 2.31. The zero-order valence-electron chi connectivity index (χ0n) is 17.2. The van der Waals surface area contributed by atoms with Gasteiger partial charge < -0.3 is 15.0 Å². The third-order valence-electron chi connectivity index (χ3n) is 4.42. The van der Waals surface area contributed by atoms with Crippen LogP contribution in [0.1, 0.15) is 26.4 Å². The number of carbonyl (C=O) groups is 2. The average Bonchev–Trinajstić information content (AvgIpc) is 3.19. The predicted molar refractivity (Wildman–Crippen MR) is 113 cm³/mol. The molecule has 0 bridgehead atoms. The third kappa shape index (κ3) is 4.86. The number of aromatic nitrogens is 2. The van der Waals surface area contributed by atoms with Gasteiger partial charge in [-0.25, -0.2) is 4.68 Å². The van der Waals surface area contributed by atoms with E-state index >= 15 is 0 Å². The van der Waals surface area contributed by atoms with Crippen LogP contribution in [0.3, 0.4) is 0 Å². The topological polar surface area (TPSA) is 76.5 Å². The second-order valence-corrected chi connectivity index (χ2v) is 7.29. The van der Waals surface area contributed by atoms with Gasteiger partial charge in [0.1, 0.15) is 0 Å². The van der Waals surface area contributed by atoms with E-state index in [-0.39, 0.29) is 33.7 Å². The number of nitrogens with zero attached hydrogens (tertiary/aromatic N) is 3. The molecule has 0 aliphatic carbocycles. The van der Waals surface area contributed by atoms with Crippen molar-refractivity contribution in [2.45, 2.75) is 6.18 Å². The fraction of sp³-hybridized carbons (Fsp3) is 0.190. The molecule has 2 aromatic carbocycles. The molecule has 1 N–H and O–H groups in total. The molecule has 1 heterocycles. The quantitative estimate of drug-likeness (QED) is 0.600. The van der Waals surface area contributed by atoms with E-state index in [1.807, 2.05) is 0 Å². The van der Waals surface area contributed by atoms with E-state index in [0.29, 0.717) is 5.56 Å². The van der Waals surface area contributed by atoms with Gasteiger partial charge in [-0.15, -0.1) is 0 Å². The van der Waals surface area contributed by atoms with Crippen LogP contribution in [-0.2, 0) is 6.18 Å². The minimum atomic E-state index is -4.53. The highest BCUT2D eigenvalue weighted by molar-refractivity contribution is 6.34. The Morgan fingerprint density at radius 2 is 1.88 bits per heavy atom. The Morgan fingerprint density at radius 1 is 1.16 bits per heavy atom. The maximum absolute atomic E-state index is 13.0. The van der Waals surface area contributed by atoms with Gasteiger partial charge in [0.05, 0.1) is 35.3 Å². The monoisotopic (exact) mass is 466 g/mol. The molecule has 0 radical (unpaired) electrons. The summed E-state index contributed by atoms with van der Waals surface area (Å²) in [4.78, 5) is 26.4. The number of methoxy groups -OCH3 is 1. The van der Waals surface area contributed by atoms with E-state index in [1.54, 1.807) is 14.1 Å². The molecule has 0 aliphatic rings. The van der Waals surface area contributed by atoms with E-state index in [1.165, 1.54) is 48.5 Å². The van der Waals surface area contributed by atoms with E-state index in [2.05, 4.69) is 10.4 Å². The van der Waals surface area contributed by atoms with Gasteiger partial charge in [0, 0.05) is 19.7 Å².